The summed E-state index contributed by atoms with van der Waals surface area (Å²) in [5, 5.41) is 15.9. The SMILES string of the molecule is N[C@@H](CO)C(=O)O.Nc1ccc(C=Cc2ccc(N)cc2S(=O)(=O)O)c(S(=O)(=O)O)c1. The summed E-state index contributed by atoms with van der Waals surface area (Å²) in [7, 11) is -9.05. The normalized spacial score (nSPS) is 12.8. The number of nitrogens with two attached hydrogens (primary N) is 3. The van der Waals surface area contributed by atoms with Crippen molar-refractivity contribution in [1.82, 2.24) is 0 Å². The summed E-state index contributed by atoms with van der Waals surface area (Å²) in [6, 6.07) is 6.55. The van der Waals surface area contributed by atoms with Gasteiger partial charge in [0.1, 0.15) is 15.8 Å². The largest absolute Gasteiger partial charge is 0.480 e. The molecule has 0 fully saturated rings. The third-order valence-electron chi connectivity index (χ3n) is 3.59. The maximum absolute atomic E-state index is 11.4. The minimum absolute atomic E-state index is 0.0878. The first-order valence-electron chi connectivity index (χ1n) is 8.18. The molecule has 0 heterocycles. The predicted octanol–water partition coefficient (Wildman–Crippen LogP) is -0.0946. The van der Waals surface area contributed by atoms with Crippen molar-refractivity contribution in [3.8, 4) is 0 Å². The number of carboxylic acid groups (broad SMARTS) is 1. The number of aliphatic hydroxyl groups excluding tert-OH is 1. The van der Waals surface area contributed by atoms with Gasteiger partial charge < -0.3 is 27.4 Å². The van der Waals surface area contributed by atoms with E-state index in [0.29, 0.717) is 0 Å². The van der Waals surface area contributed by atoms with E-state index in [4.69, 9.17) is 27.4 Å². The number of rotatable bonds is 6. The maximum Gasteiger partial charge on any atom is 0.322 e. The summed E-state index contributed by atoms with van der Waals surface area (Å²) in [5.74, 6) is -1.18. The van der Waals surface area contributed by atoms with E-state index >= 15 is 0 Å². The number of anilines is 2. The third kappa shape index (κ3) is 7.97. The Labute approximate surface area is 178 Å². The van der Waals surface area contributed by atoms with E-state index in [-0.39, 0.29) is 22.5 Å². The van der Waals surface area contributed by atoms with Gasteiger partial charge in [-0.2, -0.15) is 16.8 Å². The zero-order chi connectivity index (χ0) is 24.0. The van der Waals surface area contributed by atoms with Crippen LogP contribution in [0, 0.1) is 0 Å². The zero-order valence-electron chi connectivity index (χ0n) is 15.8. The molecule has 0 aliphatic rings. The lowest BCUT2D eigenvalue weighted by Crippen LogP contribution is -2.33. The van der Waals surface area contributed by atoms with Gasteiger partial charge in [-0.1, -0.05) is 24.3 Å². The molecule has 0 aliphatic heterocycles. The number of carbonyl (C=O) groups is 1. The number of aliphatic carboxylic acids is 1. The summed E-state index contributed by atoms with van der Waals surface area (Å²) in [6.07, 6.45) is 2.53. The molecule has 2 aromatic rings. The molecule has 2 rings (SSSR count). The maximum atomic E-state index is 11.4. The second kappa shape index (κ2) is 10.3. The number of nitrogen functional groups attached to an aromatic ring is 2. The second-order valence-electron chi connectivity index (χ2n) is 6.01. The fourth-order valence-electron chi connectivity index (χ4n) is 2.08. The van der Waals surface area contributed by atoms with E-state index in [2.05, 4.69) is 0 Å². The van der Waals surface area contributed by atoms with Gasteiger partial charge in [-0.05, 0) is 35.4 Å². The smallest absolute Gasteiger partial charge is 0.322 e. The molecule has 12 nitrogen and oxygen atoms in total. The Kier molecular flexibility index (Phi) is 8.68. The molecule has 0 aromatic heterocycles. The van der Waals surface area contributed by atoms with Crippen LogP contribution in [0.25, 0.3) is 12.2 Å². The Balaban J connectivity index is 0.000000592. The highest BCUT2D eigenvalue weighted by molar-refractivity contribution is 7.86. The molecule has 31 heavy (non-hydrogen) atoms. The van der Waals surface area contributed by atoms with Crippen LogP contribution in [-0.4, -0.2) is 54.8 Å². The molecule has 170 valence electrons. The molecule has 2 aromatic carbocycles. The van der Waals surface area contributed by atoms with Crippen molar-refractivity contribution in [1.29, 1.82) is 0 Å². The third-order valence-corrected chi connectivity index (χ3v) is 5.41. The first kappa shape index (κ1) is 26.0. The van der Waals surface area contributed by atoms with E-state index < -0.39 is 48.6 Å². The molecule has 0 amide bonds. The van der Waals surface area contributed by atoms with Crippen LogP contribution in [0.1, 0.15) is 11.1 Å². The summed E-state index contributed by atoms with van der Waals surface area (Å²) in [4.78, 5) is 8.79. The standard InChI is InChI=1S/C14H14N2O6S2.C3H7NO3/c15-11-5-3-9(13(7-11)23(17,18)19)1-2-10-4-6-12(16)8-14(10)24(20,21)22;4-2(1-5)3(6)7/h1-8H,15-16H2,(H,17,18,19)(H,20,21,22);2,5H,1,4H2,(H,6,7)/t;2-/m.0/s1. The van der Waals surface area contributed by atoms with Crippen molar-refractivity contribution in [3.63, 3.8) is 0 Å². The average Bonchev–Trinajstić information content (AvgIpc) is 2.66. The van der Waals surface area contributed by atoms with Crippen LogP contribution < -0.4 is 17.2 Å². The molecule has 0 unspecified atom stereocenters. The number of aliphatic hydroxyl groups is 1. The fraction of sp³-hybridized carbons (Fsp3) is 0.118. The van der Waals surface area contributed by atoms with E-state index in [1.807, 2.05) is 0 Å². The number of hydrogen-bond donors (Lipinski definition) is 7. The lowest BCUT2D eigenvalue weighted by Gasteiger charge is -2.06. The fourth-order valence-corrected chi connectivity index (χ4v) is 3.52. The lowest BCUT2D eigenvalue weighted by molar-refractivity contribution is -0.139. The van der Waals surface area contributed by atoms with Crippen LogP contribution in [0.2, 0.25) is 0 Å². The van der Waals surface area contributed by atoms with Gasteiger partial charge in [0.25, 0.3) is 20.2 Å². The number of benzene rings is 2. The van der Waals surface area contributed by atoms with Gasteiger partial charge in [-0.3, -0.25) is 13.9 Å². The monoisotopic (exact) mass is 475 g/mol. The van der Waals surface area contributed by atoms with Gasteiger partial charge in [-0.25, -0.2) is 0 Å². The van der Waals surface area contributed by atoms with E-state index in [1.54, 1.807) is 0 Å². The minimum Gasteiger partial charge on any atom is -0.480 e. The highest BCUT2D eigenvalue weighted by Gasteiger charge is 2.16. The minimum atomic E-state index is -4.52. The molecule has 0 aliphatic carbocycles. The van der Waals surface area contributed by atoms with E-state index in [0.717, 1.165) is 12.1 Å². The van der Waals surface area contributed by atoms with Gasteiger partial charge in [-0.15, -0.1) is 0 Å². The highest BCUT2D eigenvalue weighted by atomic mass is 32.2. The Morgan fingerprint density at radius 3 is 1.45 bits per heavy atom. The lowest BCUT2D eigenvalue weighted by atomic mass is 10.1. The van der Waals surface area contributed by atoms with Crippen molar-refractivity contribution >= 4 is 49.7 Å². The van der Waals surface area contributed by atoms with Crippen molar-refractivity contribution in [2.24, 2.45) is 5.73 Å². The first-order chi connectivity index (χ1) is 14.2. The van der Waals surface area contributed by atoms with Crippen LogP contribution in [0.4, 0.5) is 11.4 Å². The summed E-state index contributed by atoms with van der Waals surface area (Å²) in [6.45, 7) is -0.505. The quantitative estimate of drug-likeness (QED) is 0.164. The molecule has 0 spiro atoms. The van der Waals surface area contributed by atoms with Gasteiger partial charge in [0.05, 0.1) is 6.61 Å². The molecule has 0 bridgehead atoms. The Morgan fingerprint density at radius 2 is 1.23 bits per heavy atom. The number of carboxylic acids is 1. The van der Waals surface area contributed by atoms with Gasteiger partial charge in [0.2, 0.25) is 0 Å². The molecule has 1 atom stereocenters. The Hall–Kier alpha value is -3.01. The highest BCUT2D eigenvalue weighted by Crippen LogP contribution is 2.24. The van der Waals surface area contributed by atoms with Crippen LogP contribution in [0.3, 0.4) is 0 Å². The van der Waals surface area contributed by atoms with Crippen LogP contribution in [0.5, 0.6) is 0 Å². The average molecular weight is 476 g/mol. The van der Waals surface area contributed by atoms with Crippen molar-refractivity contribution in [3.05, 3.63) is 47.5 Å². The van der Waals surface area contributed by atoms with Crippen molar-refractivity contribution in [2.75, 3.05) is 18.1 Å². The van der Waals surface area contributed by atoms with E-state index in [1.165, 1.54) is 36.4 Å². The Bertz CT molecular complexity index is 1110. The van der Waals surface area contributed by atoms with Crippen LogP contribution in [-0.2, 0) is 25.0 Å². The molecule has 0 saturated heterocycles. The summed E-state index contributed by atoms with van der Waals surface area (Å²) < 4.78 is 64.1. The summed E-state index contributed by atoms with van der Waals surface area (Å²) in [5.41, 5.74) is 16.2. The first-order valence-corrected chi connectivity index (χ1v) is 11.1. The van der Waals surface area contributed by atoms with Gasteiger partial charge >= 0.3 is 5.97 Å². The second-order valence-corrected chi connectivity index (χ2v) is 8.79. The molecule has 14 heteroatoms. The van der Waals surface area contributed by atoms with E-state index in [9.17, 15) is 30.7 Å². The predicted molar refractivity (Wildman–Crippen MR) is 113 cm³/mol. The van der Waals surface area contributed by atoms with Crippen LogP contribution >= 0.6 is 0 Å². The Morgan fingerprint density at radius 1 is 0.871 bits per heavy atom. The topological polar surface area (TPSA) is 244 Å². The number of hydrogen-bond acceptors (Lipinski definition) is 9. The zero-order valence-corrected chi connectivity index (χ0v) is 17.4. The van der Waals surface area contributed by atoms with Crippen LogP contribution in [0.15, 0.2) is 46.2 Å². The molecule has 0 radical (unpaired) electrons. The van der Waals surface area contributed by atoms with Gasteiger partial charge in [0.15, 0.2) is 0 Å². The summed E-state index contributed by atoms with van der Waals surface area (Å²) >= 11 is 0. The van der Waals surface area contributed by atoms with Crippen molar-refractivity contribution < 1.29 is 40.9 Å². The van der Waals surface area contributed by atoms with Crippen molar-refractivity contribution in [2.45, 2.75) is 15.8 Å². The molecule has 0 saturated carbocycles. The molecular weight excluding hydrogens is 454 g/mol. The van der Waals surface area contributed by atoms with Gasteiger partial charge in [0, 0.05) is 11.4 Å². The molecular formula is C17H21N3O9S2. The molecule has 10 N–H and O–H groups in total.